The van der Waals surface area contributed by atoms with Crippen LogP contribution in [0.15, 0.2) is 30.3 Å². The van der Waals surface area contributed by atoms with E-state index in [2.05, 4.69) is 73.6 Å². The lowest BCUT2D eigenvalue weighted by Crippen LogP contribution is -2.51. The zero-order valence-electron chi connectivity index (χ0n) is 16.1. The van der Waals surface area contributed by atoms with Crippen molar-refractivity contribution < 1.29 is 8.95 Å². The molecule has 0 aliphatic carbocycles. The Hall–Kier alpha value is 0.0200. The summed E-state index contributed by atoms with van der Waals surface area (Å²) in [7, 11) is -1.08. The normalized spacial score (nSPS) is 27.2. The number of rotatable bonds is 6. The van der Waals surface area contributed by atoms with Crippen LogP contribution in [-0.2, 0) is 22.3 Å². The summed E-state index contributed by atoms with van der Waals surface area (Å²) >= 11 is 2.49. The van der Waals surface area contributed by atoms with Gasteiger partial charge in [0.1, 0.15) is 11.0 Å². The minimum absolute atomic E-state index is 0.154. The summed E-state index contributed by atoms with van der Waals surface area (Å²) in [6, 6.07) is 10.5. The van der Waals surface area contributed by atoms with Gasteiger partial charge in [0.05, 0.1) is 17.0 Å². The number of nitrogens with zero attached hydrogens (tertiary/aromatic N) is 1. The van der Waals surface area contributed by atoms with Gasteiger partial charge in [-0.1, -0.05) is 59.8 Å². The molecule has 5 atom stereocenters. The second kappa shape index (κ2) is 9.29. The first kappa shape index (κ1) is 21.3. The van der Waals surface area contributed by atoms with Crippen LogP contribution in [-0.4, -0.2) is 35.4 Å². The van der Waals surface area contributed by atoms with Crippen LogP contribution in [0.4, 0.5) is 0 Å². The van der Waals surface area contributed by atoms with E-state index in [1.807, 2.05) is 18.2 Å². The fraction of sp³-hybridized carbons (Fsp3) is 0.700. The molecule has 1 aliphatic rings. The van der Waals surface area contributed by atoms with Crippen LogP contribution in [0.25, 0.3) is 0 Å². The standard InChI is InChI=1S/C20H32INO2S/c1-6-18(19-13-12-17(21)15(2)24-19)22(25(23)20(3,4)5)14-16-10-8-7-9-11-16/h7-11,15,17-19H,6,12-14H2,1-5H3. The summed E-state index contributed by atoms with van der Waals surface area (Å²) in [6.07, 6.45) is 3.57. The molecule has 0 radical (unpaired) electrons. The molecular weight excluding hydrogens is 445 g/mol. The van der Waals surface area contributed by atoms with E-state index >= 15 is 0 Å². The van der Waals surface area contributed by atoms with Gasteiger partial charge in [0.2, 0.25) is 0 Å². The fourth-order valence-electron chi connectivity index (χ4n) is 3.34. The molecule has 1 saturated heterocycles. The van der Waals surface area contributed by atoms with Gasteiger partial charge in [0.15, 0.2) is 0 Å². The van der Waals surface area contributed by atoms with Crippen molar-refractivity contribution in [3.05, 3.63) is 35.9 Å². The smallest absolute Gasteiger partial charge is 0.100 e. The number of ether oxygens (including phenoxy) is 1. The number of hydrogen-bond acceptors (Lipinski definition) is 2. The van der Waals surface area contributed by atoms with E-state index in [-0.39, 0.29) is 23.0 Å². The van der Waals surface area contributed by atoms with Gasteiger partial charge in [-0.3, -0.25) is 0 Å². The molecule has 25 heavy (non-hydrogen) atoms. The molecule has 2 rings (SSSR count). The largest absolute Gasteiger partial charge is 0.373 e. The predicted octanol–water partition coefficient (Wildman–Crippen LogP) is 5.10. The van der Waals surface area contributed by atoms with E-state index in [4.69, 9.17) is 4.74 Å². The van der Waals surface area contributed by atoms with Crippen molar-refractivity contribution in [3.8, 4) is 0 Å². The summed E-state index contributed by atoms with van der Waals surface area (Å²) in [6.45, 7) is 11.2. The topological polar surface area (TPSA) is 29.5 Å². The van der Waals surface area contributed by atoms with Crippen LogP contribution in [0.5, 0.6) is 0 Å². The fourth-order valence-corrected chi connectivity index (χ4v) is 5.37. The van der Waals surface area contributed by atoms with Crippen molar-refractivity contribution in [2.45, 2.75) is 87.3 Å². The lowest BCUT2D eigenvalue weighted by atomic mass is 9.97. The Balaban J connectivity index is 2.26. The van der Waals surface area contributed by atoms with E-state index in [1.54, 1.807) is 0 Å². The Kier molecular flexibility index (Phi) is 7.92. The summed E-state index contributed by atoms with van der Waals surface area (Å²) in [5.74, 6) is 0. The lowest BCUT2D eigenvalue weighted by molar-refractivity contribution is -0.0649. The van der Waals surface area contributed by atoms with E-state index in [1.165, 1.54) is 12.0 Å². The zero-order valence-corrected chi connectivity index (χ0v) is 19.0. The first-order valence-electron chi connectivity index (χ1n) is 9.26. The van der Waals surface area contributed by atoms with E-state index in [0.29, 0.717) is 10.5 Å². The van der Waals surface area contributed by atoms with Crippen LogP contribution in [0, 0.1) is 0 Å². The molecule has 1 heterocycles. The van der Waals surface area contributed by atoms with Gasteiger partial charge < -0.3 is 4.74 Å². The highest BCUT2D eigenvalue weighted by molar-refractivity contribution is 14.1. The van der Waals surface area contributed by atoms with Crippen LogP contribution in [0.1, 0.15) is 59.4 Å². The van der Waals surface area contributed by atoms with Crippen molar-refractivity contribution in [2.24, 2.45) is 0 Å². The molecule has 0 spiro atoms. The van der Waals surface area contributed by atoms with Crippen molar-refractivity contribution in [3.63, 3.8) is 0 Å². The molecule has 0 bridgehead atoms. The SMILES string of the molecule is CCC(C1CCC(I)C(C)O1)N(Cc1ccccc1)S(=O)C(C)(C)C. The Morgan fingerprint density at radius 1 is 1.28 bits per heavy atom. The third-order valence-corrected chi connectivity index (χ3v) is 8.27. The zero-order chi connectivity index (χ0) is 18.6. The highest BCUT2D eigenvalue weighted by Crippen LogP contribution is 2.32. The average molecular weight is 477 g/mol. The summed E-state index contributed by atoms with van der Waals surface area (Å²) in [4.78, 5) is 0. The lowest BCUT2D eigenvalue weighted by Gasteiger charge is -2.42. The maximum absolute atomic E-state index is 13.3. The maximum atomic E-state index is 13.3. The van der Waals surface area contributed by atoms with Gasteiger partial charge in [-0.25, -0.2) is 8.51 Å². The van der Waals surface area contributed by atoms with Crippen molar-refractivity contribution in [2.75, 3.05) is 0 Å². The van der Waals surface area contributed by atoms with Crippen molar-refractivity contribution in [1.29, 1.82) is 0 Å². The number of alkyl halides is 1. The summed E-state index contributed by atoms with van der Waals surface area (Å²) < 4.78 is 22.2. The molecule has 1 aliphatic heterocycles. The molecule has 5 heteroatoms. The highest BCUT2D eigenvalue weighted by Gasteiger charge is 2.38. The Morgan fingerprint density at radius 3 is 2.44 bits per heavy atom. The quantitative estimate of drug-likeness (QED) is 0.422. The molecule has 1 aromatic rings. The minimum Gasteiger partial charge on any atom is -0.373 e. The van der Waals surface area contributed by atoms with Crippen LogP contribution >= 0.6 is 22.6 Å². The molecule has 0 N–H and O–H groups in total. The summed E-state index contributed by atoms with van der Waals surface area (Å²) in [5, 5.41) is 0. The molecule has 0 aromatic heterocycles. The first-order valence-corrected chi connectivity index (χ1v) is 11.6. The predicted molar refractivity (Wildman–Crippen MR) is 115 cm³/mol. The Labute approximate surface area is 169 Å². The highest BCUT2D eigenvalue weighted by atomic mass is 127. The molecule has 0 saturated carbocycles. The van der Waals surface area contributed by atoms with Crippen LogP contribution < -0.4 is 0 Å². The third kappa shape index (κ3) is 5.75. The number of hydrogen-bond donors (Lipinski definition) is 0. The van der Waals surface area contributed by atoms with Gasteiger partial charge in [-0.05, 0) is 52.5 Å². The average Bonchev–Trinajstić information content (AvgIpc) is 2.57. The van der Waals surface area contributed by atoms with Gasteiger partial charge >= 0.3 is 0 Å². The summed E-state index contributed by atoms with van der Waals surface area (Å²) in [5.41, 5.74) is 1.20. The Bertz CT molecular complexity index is 561. The second-order valence-electron chi connectivity index (χ2n) is 7.87. The van der Waals surface area contributed by atoms with Crippen molar-refractivity contribution in [1.82, 2.24) is 4.31 Å². The number of halogens is 1. The van der Waals surface area contributed by atoms with Gasteiger partial charge in [0, 0.05) is 16.5 Å². The molecule has 1 aromatic carbocycles. The molecule has 142 valence electrons. The van der Waals surface area contributed by atoms with Crippen LogP contribution in [0.2, 0.25) is 0 Å². The molecule has 0 amide bonds. The van der Waals surface area contributed by atoms with E-state index in [0.717, 1.165) is 12.8 Å². The number of benzene rings is 1. The molecule has 3 nitrogen and oxygen atoms in total. The first-order chi connectivity index (χ1) is 11.7. The maximum Gasteiger partial charge on any atom is 0.100 e. The van der Waals surface area contributed by atoms with E-state index in [9.17, 15) is 4.21 Å². The van der Waals surface area contributed by atoms with E-state index < -0.39 is 11.0 Å². The second-order valence-corrected chi connectivity index (χ2v) is 11.7. The van der Waals surface area contributed by atoms with Gasteiger partial charge in [-0.15, -0.1) is 0 Å². The monoisotopic (exact) mass is 477 g/mol. The van der Waals surface area contributed by atoms with Crippen molar-refractivity contribution >= 4 is 33.6 Å². The molecule has 5 unspecified atom stereocenters. The van der Waals surface area contributed by atoms with Gasteiger partial charge in [-0.2, -0.15) is 0 Å². The molecular formula is C20H32INO2S. The van der Waals surface area contributed by atoms with Crippen LogP contribution in [0.3, 0.4) is 0 Å². The Morgan fingerprint density at radius 2 is 1.92 bits per heavy atom. The van der Waals surface area contributed by atoms with Gasteiger partial charge in [0.25, 0.3) is 0 Å². The third-order valence-electron chi connectivity index (χ3n) is 4.76. The minimum atomic E-state index is -1.08. The molecule has 1 fully saturated rings.